The second kappa shape index (κ2) is 5.75. The number of rotatable bonds is 3. The number of benzene rings is 1. The quantitative estimate of drug-likeness (QED) is 0.904. The van der Waals surface area contributed by atoms with Crippen molar-refractivity contribution in [1.29, 1.82) is 0 Å². The normalized spacial score (nSPS) is 10.3. The first kappa shape index (κ1) is 13.4. The number of ether oxygens (including phenoxy) is 1. The number of carbonyl (C=O) groups is 1. The Bertz CT molecular complexity index is 578. The Hall–Kier alpha value is -2.01. The number of aromatic amines is 1. The average Bonchev–Trinajstić information content (AvgIpc) is 2.81. The summed E-state index contributed by atoms with van der Waals surface area (Å²) in [5, 5.41) is 3.10. The van der Waals surface area contributed by atoms with Crippen molar-refractivity contribution in [3.8, 4) is 11.3 Å². The number of anilines is 1. The highest BCUT2D eigenvalue weighted by atomic mass is 35.5. The zero-order valence-corrected chi connectivity index (χ0v) is 11.4. The van der Waals surface area contributed by atoms with Gasteiger partial charge in [0, 0.05) is 17.7 Å². The van der Waals surface area contributed by atoms with Crippen LogP contribution in [0.3, 0.4) is 0 Å². The Morgan fingerprint density at radius 2 is 2.11 bits per heavy atom. The minimum atomic E-state index is -0.501. The summed E-state index contributed by atoms with van der Waals surface area (Å²) in [4.78, 5) is 18.5. The number of nitrogens with zero attached hydrogens (tertiary/aromatic N) is 1. The van der Waals surface area contributed by atoms with E-state index in [1.165, 1.54) is 7.11 Å². The molecule has 0 saturated heterocycles. The van der Waals surface area contributed by atoms with Crippen molar-refractivity contribution in [2.75, 3.05) is 12.4 Å². The van der Waals surface area contributed by atoms with Gasteiger partial charge in [-0.05, 0) is 12.1 Å². The number of nitrogens with one attached hydrogen (secondary N) is 2. The maximum absolute atomic E-state index is 11.1. The van der Waals surface area contributed by atoms with E-state index in [1.807, 2.05) is 19.1 Å². The molecule has 5 nitrogen and oxygen atoms in total. The Morgan fingerprint density at radius 1 is 1.42 bits per heavy atom. The third-order valence-electron chi connectivity index (χ3n) is 2.63. The molecule has 1 aromatic heterocycles. The maximum atomic E-state index is 11.1. The van der Waals surface area contributed by atoms with Crippen LogP contribution in [0.5, 0.6) is 0 Å². The summed E-state index contributed by atoms with van der Waals surface area (Å²) >= 11 is 6.10. The van der Waals surface area contributed by atoms with Crippen LogP contribution in [-0.2, 0) is 11.2 Å². The third kappa shape index (κ3) is 3.06. The summed E-state index contributed by atoms with van der Waals surface area (Å²) in [7, 11) is 1.32. The number of imidazole rings is 1. The molecule has 0 aliphatic heterocycles. The van der Waals surface area contributed by atoms with Crippen molar-refractivity contribution in [1.82, 2.24) is 9.97 Å². The number of hydrogen-bond donors (Lipinski definition) is 2. The minimum absolute atomic E-state index is 0.501. The average molecular weight is 280 g/mol. The van der Waals surface area contributed by atoms with Gasteiger partial charge in [0.25, 0.3) is 0 Å². The van der Waals surface area contributed by atoms with Gasteiger partial charge in [-0.2, -0.15) is 0 Å². The van der Waals surface area contributed by atoms with E-state index in [-0.39, 0.29) is 0 Å². The molecular formula is C13H14ClN3O2. The molecule has 0 spiro atoms. The molecule has 19 heavy (non-hydrogen) atoms. The first-order valence-corrected chi connectivity index (χ1v) is 6.21. The number of methoxy groups -OCH3 is 1. The van der Waals surface area contributed by atoms with E-state index in [1.54, 1.807) is 12.1 Å². The molecule has 0 atom stereocenters. The summed E-state index contributed by atoms with van der Waals surface area (Å²) < 4.78 is 4.52. The monoisotopic (exact) mass is 279 g/mol. The van der Waals surface area contributed by atoms with E-state index >= 15 is 0 Å². The molecule has 0 aliphatic carbocycles. The predicted octanol–water partition coefficient (Wildman–Crippen LogP) is 3.47. The summed E-state index contributed by atoms with van der Waals surface area (Å²) in [6, 6.07) is 7.21. The largest absolute Gasteiger partial charge is 0.453 e. The molecule has 2 N–H and O–H groups in total. The molecule has 0 fully saturated rings. The Morgan fingerprint density at radius 3 is 2.63 bits per heavy atom. The van der Waals surface area contributed by atoms with Crippen LogP contribution in [0, 0.1) is 0 Å². The molecule has 1 heterocycles. The lowest BCUT2D eigenvalue weighted by molar-refractivity contribution is 0.187. The lowest BCUT2D eigenvalue weighted by atomic mass is 10.1. The Labute approximate surface area is 116 Å². The van der Waals surface area contributed by atoms with Gasteiger partial charge in [0.05, 0.1) is 7.11 Å². The first-order valence-electron chi connectivity index (χ1n) is 5.83. The fourth-order valence-electron chi connectivity index (χ4n) is 1.64. The van der Waals surface area contributed by atoms with Crippen LogP contribution in [-0.4, -0.2) is 23.2 Å². The first-order chi connectivity index (χ1) is 9.13. The number of halogens is 1. The number of amides is 1. The van der Waals surface area contributed by atoms with Crippen LogP contribution in [0.1, 0.15) is 12.7 Å². The van der Waals surface area contributed by atoms with Gasteiger partial charge in [-0.1, -0.05) is 30.7 Å². The van der Waals surface area contributed by atoms with E-state index in [9.17, 15) is 4.79 Å². The van der Waals surface area contributed by atoms with Gasteiger partial charge >= 0.3 is 6.09 Å². The van der Waals surface area contributed by atoms with Gasteiger partial charge in [-0.3, -0.25) is 5.32 Å². The number of hydrogen-bond acceptors (Lipinski definition) is 3. The fraction of sp³-hybridized carbons (Fsp3) is 0.231. The summed E-state index contributed by atoms with van der Waals surface area (Å²) in [6.07, 6.45) is 0.292. The zero-order valence-electron chi connectivity index (χ0n) is 10.7. The number of carbonyl (C=O) groups excluding carboxylic acids is 1. The lowest BCUT2D eigenvalue weighted by Crippen LogP contribution is -2.10. The molecule has 0 radical (unpaired) electrons. The minimum Gasteiger partial charge on any atom is -0.453 e. The van der Waals surface area contributed by atoms with Crippen LogP contribution in [0.4, 0.5) is 10.5 Å². The SMILES string of the molecule is CCc1nc(-c2ccc(NC(=O)OC)cc2)c(Cl)[nH]1. The molecule has 0 bridgehead atoms. The van der Waals surface area contributed by atoms with E-state index < -0.39 is 6.09 Å². The highest BCUT2D eigenvalue weighted by Crippen LogP contribution is 2.26. The molecule has 2 aromatic rings. The van der Waals surface area contributed by atoms with Crippen LogP contribution >= 0.6 is 11.6 Å². The number of aryl methyl sites for hydroxylation is 1. The van der Waals surface area contributed by atoms with Crippen molar-refractivity contribution in [2.24, 2.45) is 0 Å². The smallest absolute Gasteiger partial charge is 0.411 e. The number of H-pyrrole nitrogens is 1. The van der Waals surface area contributed by atoms with Gasteiger partial charge in [-0.25, -0.2) is 9.78 Å². The molecule has 0 unspecified atom stereocenters. The van der Waals surface area contributed by atoms with Crippen LogP contribution in [0.2, 0.25) is 5.15 Å². The molecule has 2 rings (SSSR count). The highest BCUT2D eigenvalue weighted by Gasteiger charge is 2.10. The predicted molar refractivity (Wildman–Crippen MR) is 74.4 cm³/mol. The Kier molecular flexibility index (Phi) is 4.06. The van der Waals surface area contributed by atoms with Crippen LogP contribution in [0.25, 0.3) is 11.3 Å². The molecule has 6 heteroatoms. The van der Waals surface area contributed by atoms with Crippen molar-refractivity contribution in [2.45, 2.75) is 13.3 Å². The van der Waals surface area contributed by atoms with Crippen molar-refractivity contribution < 1.29 is 9.53 Å². The van der Waals surface area contributed by atoms with Gasteiger partial charge in [0.1, 0.15) is 16.7 Å². The van der Waals surface area contributed by atoms with Gasteiger partial charge < -0.3 is 9.72 Å². The van der Waals surface area contributed by atoms with Crippen LogP contribution < -0.4 is 5.32 Å². The molecule has 0 aliphatic rings. The second-order valence-electron chi connectivity index (χ2n) is 3.89. The number of aromatic nitrogens is 2. The lowest BCUT2D eigenvalue weighted by Gasteiger charge is -2.04. The third-order valence-corrected chi connectivity index (χ3v) is 2.91. The van der Waals surface area contributed by atoms with Crippen LogP contribution in [0.15, 0.2) is 24.3 Å². The summed E-state index contributed by atoms with van der Waals surface area (Å²) in [6.45, 7) is 2.00. The van der Waals surface area contributed by atoms with E-state index in [2.05, 4.69) is 20.0 Å². The van der Waals surface area contributed by atoms with Gasteiger partial charge in [-0.15, -0.1) is 0 Å². The molecular weight excluding hydrogens is 266 g/mol. The second-order valence-corrected chi connectivity index (χ2v) is 4.27. The molecule has 100 valence electrons. The highest BCUT2D eigenvalue weighted by molar-refractivity contribution is 6.31. The maximum Gasteiger partial charge on any atom is 0.411 e. The summed E-state index contributed by atoms with van der Waals surface area (Å²) in [5.41, 5.74) is 2.25. The summed E-state index contributed by atoms with van der Waals surface area (Å²) in [5.74, 6) is 0.844. The van der Waals surface area contributed by atoms with E-state index in [0.717, 1.165) is 17.8 Å². The zero-order chi connectivity index (χ0) is 13.8. The topological polar surface area (TPSA) is 67.0 Å². The fourth-order valence-corrected chi connectivity index (χ4v) is 1.90. The molecule has 1 aromatic carbocycles. The van der Waals surface area contributed by atoms with Crippen molar-refractivity contribution >= 4 is 23.4 Å². The van der Waals surface area contributed by atoms with Gasteiger partial charge in [0.15, 0.2) is 0 Å². The standard InChI is InChI=1S/C13H14ClN3O2/c1-3-10-16-11(12(14)17-10)8-4-6-9(7-5-8)15-13(18)19-2/h4-7H,3H2,1-2H3,(H,15,18)(H,16,17). The van der Waals surface area contributed by atoms with Gasteiger partial charge in [0.2, 0.25) is 0 Å². The molecule has 1 amide bonds. The van der Waals surface area contributed by atoms with Crippen molar-refractivity contribution in [3.05, 3.63) is 35.2 Å². The van der Waals surface area contributed by atoms with E-state index in [4.69, 9.17) is 11.6 Å². The molecule has 0 saturated carbocycles. The van der Waals surface area contributed by atoms with Crippen molar-refractivity contribution in [3.63, 3.8) is 0 Å². The Balaban J connectivity index is 2.22. The van der Waals surface area contributed by atoms with E-state index in [0.29, 0.717) is 16.5 Å².